The second-order valence-electron chi connectivity index (χ2n) is 3.93. The van der Waals surface area contributed by atoms with Crippen LogP contribution in [0.5, 0.6) is 0 Å². The highest BCUT2D eigenvalue weighted by atomic mass is 79.9. The summed E-state index contributed by atoms with van der Waals surface area (Å²) in [6.45, 7) is 0. The number of thiazole rings is 1. The molecule has 0 radical (unpaired) electrons. The van der Waals surface area contributed by atoms with Crippen LogP contribution in [0, 0.1) is 0 Å². The number of nitrogens with zero attached hydrogens (tertiary/aromatic N) is 2. The van der Waals surface area contributed by atoms with Gasteiger partial charge in [0.15, 0.2) is 0 Å². The van der Waals surface area contributed by atoms with E-state index in [1.165, 1.54) is 16.5 Å². The third kappa shape index (κ3) is 1.81. The van der Waals surface area contributed by atoms with Crippen LogP contribution in [0.2, 0.25) is 0 Å². The van der Waals surface area contributed by atoms with Gasteiger partial charge in [-0.15, -0.1) is 11.3 Å². The van der Waals surface area contributed by atoms with Crippen molar-refractivity contribution in [3.05, 3.63) is 40.8 Å². The quantitative estimate of drug-likeness (QED) is 0.649. The molecule has 2 heterocycles. The molecular formula is C13H11BrN2S. The van der Waals surface area contributed by atoms with Crippen LogP contribution in [0.25, 0.3) is 22.2 Å². The van der Waals surface area contributed by atoms with E-state index in [9.17, 15) is 0 Å². The van der Waals surface area contributed by atoms with Crippen molar-refractivity contribution in [1.82, 2.24) is 9.55 Å². The van der Waals surface area contributed by atoms with E-state index in [0.717, 1.165) is 16.0 Å². The second-order valence-corrected chi connectivity index (χ2v) is 5.43. The molecule has 0 bridgehead atoms. The molecule has 0 aliphatic rings. The van der Waals surface area contributed by atoms with Crippen molar-refractivity contribution < 1.29 is 0 Å². The predicted octanol–water partition coefficient (Wildman–Crippen LogP) is 4.20. The van der Waals surface area contributed by atoms with Crippen molar-refractivity contribution in [2.24, 2.45) is 7.05 Å². The van der Waals surface area contributed by atoms with Gasteiger partial charge in [-0.3, -0.25) is 0 Å². The van der Waals surface area contributed by atoms with Gasteiger partial charge in [-0.05, 0) is 6.07 Å². The molecule has 0 fully saturated rings. The van der Waals surface area contributed by atoms with E-state index in [-0.39, 0.29) is 0 Å². The van der Waals surface area contributed by atoms with E-state index >= 15 is 0 Å². The first-order chi connectivity index (χ1) is 8.29. The van der Waals surface area contributed by atoms with E-state index in [4.69, 9.17) is 0 Å². The maximum atomic E-state index is 4.62. The Labute approximate surface area is 112 Å². The van der Waals surface area contributed by atoms with E-state index < -0.39 is 0 Å². The molecule has 0 unspecified atom stereocenters. The summed E-state index contributed by atoms with van der Waals surface area (Å²) in [5, 5.41) is 5.33. The lowest BCUT2D eigenvalue weighted by Gasteiger charge is -1.94. The molecule has 0 aliphatic heterocycles. The van der Waals surface area contributed by atoms with Gasteiger partial charge < -0.3 is 4.57 Å². The molecule has 0 saturated heterocycles. The van der Waals surface area contributed by atoms with Crippen LogP contribution in [0.4, 0.5) is 0 Å². The van der Waals surface area contributed by atoms with Gasteiger partial charge in [0.05, 0.1) is 11.0 Å². The topological polar surface area (TPSA) is 17.8 Å². The third-order valence-electron chi connectivity index (χ3n) is 2.84. The summed E-state index contributed by atoms with van der Waals surface area (Å²) in [7, 11) is 2.07. The molecule has 3 rings (SSSR count). The van der Waals surface area contributed by atoms with Crippen LogP contribution in [-0.4, -0.2) is 9.55 Å². The minimum atomic E-state index is 0.822. The van der Waals surface area contributed by atoms with Crippen LogP contribution >= 0.6 is 27.3 Å². The molecule has 0 atom stereocenters. The van der Waals surface area contributed by atoms with E-state index in [2.05, 4.69) is 68.4 Å². The van der Waals surface area contributed by atoms with Crippen molar-refractivity contribution >= 4 is 38.2 Å². The fourth-order valence-electron chi connectivity index (χ4n) is 2.04. The smallest absolute Gasteiger partial charge is 0.104 e. The summed E-state index contributed by atoms with van der Waals surface area (Å²) in [5.41, 5.74) is 3.53. The van der Waals surface area contributed by atoms with Crippen LogP contribution in [0.1, 0.15) is 5.01 Å². The average Bonchev–Trinajstić information content (AvgIpc) is 2.95. The highest BCUT2D eigenvalue weighted by Gasteiger charge is 2.10. The second kappa shape index (κ2) is 4.27. The minimum Gasteiger partial charge on any atom is -0.350 e. The molecule has 0 aliphatic carbocycles. The predicted molar refractivity (Wildman–Crippen MR) is 76.7 cm³/mol. The number of rotatable bonds is 2. The Morgan fingerprint density at radius 1 is 1.35 bits per heavy atom. The maximum Gasteiger partial charge on any atom is 0.104 e. The monoisotopic (exact) mass is 306 g/mol. The summed E-state index contributed by atoms with van der Waals surface area (Å²) in [4.78, 5) is 4.62. The van der Waals surface area contributed by atoms with Crippen molar-refractivity contribution in [3.63, 3.8) is 0 Å². The number of para-hydroxylation sites is 1. The Kier molecular flexibility index (Phi) is 2.76. The summed E-state index contributed by atoms with van der Waals surface area (Å²) >= 11 is 5.14. The number of fused-ring (bicyclic) bond motifs is 1. The number of alkyl halides is 1. The summed E-state index contributed by atoms with van der Waals surface area (Å²) in [5.74, 6) is 0. The van der Waals surface area contributed by atoms with Gasteiger partial charge in [0.1, 0.15) is 5.01 Å². The lowest BCUT2D eigenvalue weighted by atomic mass is 10.1. The average molecular weight is 307 g/mol. The molecule has 0 saturated carbocycles. The molecule has 0 N–H and O–H groups in total. The number of halogens is 1. The largest absolute Gasteiger partial charge is 0.350 e. The maximum absolute atomic E-state index is 4.62. The van der Waals surface area contributed by atoms with Gasteiger partial charge in [0, 0.05) is 35.1 Å². The van der Waals surface area contributed by atoms with E-state index in [1.54, 1.807) is 11.3 Å². The van der Waals surface area contributed by atoms with Crippen LogP contribution in [0.3, 0.4) is 0 Å². The normalized spacial score (nSPS) is 11.2. The number of aryl methyl sites for hydroxylation is 1. The Hall–Kier alpha value is -1.13. The molecule has 2 nitrogen and oxygen atoms in total. The Bertz CT molecular complexity index is 669. The number of hydrogen-bond donors (Lipinski definition) is 0. The lowest BCUT2D eigenvalue weighted by molar-refractivity contribution is 0.969. The molecule has 86 valence electrons. The number of hydrogen-bond acceptors (Lipinski definition) is 2. The Morgan fingerprint density at radius 2 is 2.18 bits per heavy atom. The minimum absolute atomic E-state index is 0.822. The van der Waals surface area contributed by atoms with Crippen molar-refractivity contribution in [1.29, 1.82) is 0 Å². The van der Waals surface area contributed by atoms with Gasteiger partial charge in [-0.25, -0.2) is 4.98 Å². The summed E-state index contributed by atoms with van der Waals surface area (Å²) in [6, 6.07) is 8.43. The first-order valence-electron chi connectivity index (χ1n) is 5.34. The zero-order valence-corrected chi connectivity index (χ0v) is 11.8. The van der Waals surface area contributed by atoms with Crippen molar-refractivity contribution in [2.45, 2.75) is 5.33 Å². The van der Waals surface area contributed by atoms with Crippen molar-refractivity contribution in [2.75, 3.05) is 0 Å². The van der Waals surface area contributed by atoms with Gasteiger partial charge in [-0.1, -0.05) is 34.1 Å². The number of benzene rings is 1. The fraction of sp³-hybridized carbons (Fsp3) is 0.154. The zero-order valence-electron chi connectivity index (χ0n) is 9.35. The zero-order chi connectivity index (χ0) is 11.8. The Morgan fingerprint density at radius 3 is 2.94 bits per heavy atom. The van der Waals surface area contributed by atoms with Gasteiger partial charge in [0.2, 0.25) is 0 Å². The van der Waals surface area contributed by atoms with E-state index in [1.807, 2.05) is 0 Å². The highest BCUT2D eigenvalue weighted by Crippen LogP contribution is 2.31. The first-order valence-corrected chi connectivity index (χ1v) is 7.34. The van der Waals surface area contributed by atoms with Crippen LogP contribution in [0.15, 0.2) is 35.8 Å². The molecule has 17 heavy (non-hydrogen) atoms. The fourth-order valence-corrected chi connectivity index (χ4v) is 3.21. The van der Waals surface area contributed by atoms with Crippen molar-refractivity contribution in [3.8, 4) is 11.3 Å². The SMILES string of the molecule is Cn1cc(-c2csc(CBr)n2)c2ccccc21. The standard InChI is InChI=1S/C13H11BrN2S/c1-16-7-10(9-4-2-3-5-12(9)16)11-8-17-13(6-14)15-11/h2-5,7-8H,6H2,1H3. The molecule has 1 aromatic carbocycles. The Balaban J connectivity index is 2.23. The molecule has 0 spiro atoms. The van der Waals surface area contributed by atoms with Crippen LogP contribution in [-0.2, 0) is 12.4 Å². The molecular weight excluding hydrogens is 296 g/mol. The summed E-state index contributed by atoms with van der Waals surface area (Å²) < 4.78 is 2.15. The highest BCUT2D eigenvalue weighted by molar-refractivity contribution is 9.08. The van der Waals surface area contributed by atoms with Gasteiger partial charge >= 0.3 is 0 Å². The third-order valence-corrected chi connectivity index (χ3v) is 4.59. The molecule has 2 aromatic heterocycles. The van der Waals surface area contributed by atoms with Crippen LogP contribution < -0.4 is 0 Å². The lowest BCUT2D eigenvalue weighted by Crippen LogP contribution is -1.81. The van der Waals surface area contributed by atoms with Gasteiger partial charge in [0.25, 0.3) is 0 Å². The molecule has 0 amide bonds. The summed E-state index contributed by atoms with van der Waals surface area (Å²) in [6.07, 6.45) is 2.15. The molecule has 4 heteroatoms. The first kappa shape index (κ1) is 11.0. The number of aromatic nitrogens is 2. The molecule has 3 aromatic rings. The van der Waals surface area contributed by atoms with Gasteiger partial charge in [-0.2, -0.15) is 0 Å². The van der Waals surface area contributed by atoms with E-state index in [0.29, 0.717) is 0 Å².